The zero-order valence-corrected chi connectivity index (χ0v) is 17.8. The van der Waals surface area contributed by atoms with Gasteiger partial charge in [-0.3, -0.25) is 0 Å². The van der Waals surface area contributed by atoms with Crippen LogP contribution < -0.4 is 18.0 Å². The van der Waals surface area contributed by atoms with E-state index in [9.17, 15) is 30.7 Å². The minimum absolute atomic E-state index is 0.0778. The Morgan fingerprint density at radius 2 is 0.938 bits per heavy atom. The van der Waals surface area contributed by atoms with Crippen molar-refractivity contribution in [3.63, 3.8) is 0 Å². The van der Waals surface area contributed by atoms with Crippen molar-refractivity contribution < 1.29 is 44.3 Å². The van der Waals surface area contributed by atoms with Crippen LogP contribution in [0.15, 0.2) is 18.2 Å². The maximum atomic E-state index is 15.0. The summed E-state index contributed by atoms with van der Waals surface area (Å²) in [4.78, 5) is 0. The van der Waals surface area contributed by atoms with Crippen LogP contribution >= 0.6 is 0 Å². The highest BCUT2D eigenvalue weighted by molar-refractivity contribution is 6.96. The van der Waals surface area contributed by atoms with E-state index < -0.39 is 96.7 Å². The Labute approximate surface area is 180 Å². The Kier molecular flexibility index (Phi) is 6.54. The number of halogens is 9. The van der Waals surface area contributed by atoms with Crippen LogP contribution in [0.3, 0.4) is 0 Å². The molecule has 0 heterocycles. The number of rotatable bonds is 4. The Morgan fingerprint density at radius 3 is 1.34 bits per heavy atom. The van der Waals surface area contributed by atoms with Gasteiger partial charge in [-0.2, -0.15) is 0 Å². The van der Waals surface area contributed by atoms with Crippen LogP contribution in [0.25, 0.3) is 0 Å². The molecule has 11 heteroatoms. The molecule has 0 bridgehead atoms. The Bertz CT molecular complexity index is 1180. The molecular formula is C21H12AlF9O. The second-order valence-corrected chi connectivity index (χ2v) is 9.52. The summed E-state index contributed by atoms with van der Waals surface area (Å²) in [7, 11) is 0.815. The lowest BCUT2D eigenvalue weighted by Gasteiger charge is -2.22. The topological polar surface area (TPSA) is 9.23 Å². The summed E-state index contributed by atoms with van der Waals surface area (Å²) >= 11 is -4.53. The molecule has 0 aliphatic carbocycles. The molecule has 3 rings (SSSR count). The van der Waals surface area contributed by atoms with E-state index in [4.69, 9.17) is 4.74 Å². The van der Waals surface area contributed by atoms with Gasteiger partial charge in [-0.05, 0) is 27.1 Å². The Morgan fingerprint density at radius 1 is 0.531 bits per heavy atom. The minimum atomic E-state index is -4.53. The van der Waals surface area contributed by atoms with Gasteiger partial charge in [0.15, 0.2) is 17.5 Å². The third-order valence-electron chi connectivity index (χ3n) is 5.10. The van der Waals surface area contributed by atoms with Crippen molar-refractivity contribution in [2.24, 2.45) is 0 Å². The van der Waals surface area contributed by atoms with Crippen molar-refractivity contribution in [1.29, 1.82) is 0 Å². The fraction of sp³-hybridized carbons (Fsp3) is 0.143. The molecule has 0 unspecified atom stereocenters. The SMILES string of the molecule is COc1c(F)cc(F)c(F)[c]1[Al]([c]1c(F)cc(F)c(C)c1F)[c]1c(F)cc(F)c(C)c1F. The van der Waals surface area contributed by atoms with Gasteiger partial charge in [0.1, 0.15) is 40.7 Å². The van der Waals surface area contributed by atoms with Crippen molar-refractivity contribution in [2.45, 2.75) is 13.8 Å². The molecule has 0 saturated carbocycles. The zero-order chi connectivity index (χ0) is 24.1. The predicted molar refractivity (Wildman–Crippen MR) is 99.6 cm³/mol. The molecule has 0 amide bonds. The first-order valence-corrected chi connectivity index (χ1v) is 10.6. The summed E-state index contributed by atoms with van der Waals surface area (Å²) < 4.78 is 132. The quantitative estimate of drug-likeness (QED) is 0.312. The van der Waals surface area contributed by atoms with Crippen molar-refractivity contribution in [3.05, 3.63) is 81.7 Å². The molecule has 0 saturated heterocycles. The summed E-state index contributed by atoms with van der Waals surface area (Å²) in [5, 5.41) is 0. The standard InChI is InChI=1S/C7H4F3O.2C7H4F3.Al/c1-11-7-3-5(9)4(8)2-6(7)10;2*1-4-6(9)2-5(8)3-7(4)10;/h2H,1H3;2*2H,1H3;. The number of benzene rings is 3. The van der Waals surface area contributed by atoms with Gasteiger partial charge < -0.3 is 4.74 Å². The summed E-state index contributed by atoms with van der Waals surface area (Å²) in [5.41, 5.74) is -1.57. The molecule has 32 heavy (non-hydrogen) atoms. The second kappa shape index (κ2) is 8.71. The molecule has 0 fully saturated rings. The van der Waals surface area contributed by atoms with Gasteiger partial charge in [-0.25, -0.2) is 39.5 Å². The third-order valence-corrected chi connectivity index (χ3v) is 8.41. The molecule has 0 radical (unpaired) electrons. The highest BCUT2D eigenvalue weighted by Crippen LogP contribution is 2.23. The van der Waals surface area contributed by atoms with Crippen LogP contribution in [-0.2, 0) is 0 Å². The van der Waals surface area contributed by atoms with E-state index in [0.29, 0.717) is 0 Å². The van der Waals surface area contributed by atoms with E-state index >= 15 is 8.78 Å². The van der Waals surface area contributed by atoms with E-state index in [1.165, 1.54) is 0 Å². The molecule has 168 valence electrons. The third kappa shape index (κ3) is 3.73. The molecule has 1 nitrogen and oxygen atoms in total. The van der Waals surface area contributed by atoms with Crippen molar-refractivity contribution >= 4 is 27.4 Å². The first-order chi connectivity index (χ1) is 14.9. The average Bonchev–Trinajstić information content (AvgIpc) is 2.72. The van der Waals surface area contributed by atoms with E-state index in [1.54, 1.807) is 0 Å². The van der Waals surface area contributed by atoms with E-state index in [0.717, 1.165) is 21.0 Å². The van der Waals surface area contributed by atoms with Crippen molar-refractivity contribution in [1.82, 2.24) is 0 Å². The second-order valence-electron chi connectivity index (χ2n) is 6.92. The lowest BCUT2D eigenvalue weighted by atomic mass is 10.2. The fourth-order valence-corrected chi connectivity index (χ4v) is 6.88. The largest absolute Gasteiger partial charge is 0.495 e. The highest BCUT2D eigenvalue weighted by atomic mass is 27.2. The number of ether oxygens (including phenoxy) is 1. The molecule has 0 N–H and O–H groups in total. The lowest BCUT2D eigenvalue weighted by Crippen LogP contribution is -2.59. The van der Waals surface area contributed by atoms with E-state index in [1.807, 2.05) is 0 Å². The molecule has 3 aromatic carbocycles. The van der Waals surface area contributed by atoms with Gasteiger partial charge in [-0.15, -0.1) is 0 Å². The molecule has 0 aliphatic heterocycles. The molecule has 3 aromatic rings. The van der Waals surface area contributed by atoms with E-state index in [2.05, 4.69) is 0 Å². The zero-order valence-electron chi connectivity index (χ0n) is 16.6. The maximum absolute atomic E-state index is 15.0. The molecular weight excluding hydrogens is 466 g/mol. The molecule has 0 spiro atoms. The van der Waals surface area contributed by atoms with Gasteiger partial charge in [0, 0.05) is 29.3 Å². The van der Waals surface area contributed by atoms with Crippen molar-refractivity contribution in [2.75, 3.05) is 7.11 Å². The van der Waals surface area contributed by atoms with Crippen LogP contribution in [0.5, 0.6) is 5.75 Å². The lowest BCUT2D eigenvalue weighted by molar-refractivity contribution is 0.381. The average molecular weight is 478 g/mol. The summed E-state index contributed by atoms with van der Waals surface area (Å²) in [6.07, 6.45) is 0. The van der Waals surface area contributed by atoms with E-state index in [-0.39, 0.29) is 18.2 Å². The number of hydrogen-bond donors (Lipinski definition) is 0. The monoisotopic (exact) mass is 478 g/mol. The van der Waals surface area contributed by atoms with Crippen LogP contribution in [0.1, 0.15) is 11.1 Å². The number of methoxy groups -OCH3 is 1. The Hall–Kier alpha value is -2.64. The molecule has 0 aromatic heterocycles. The summed E-state index contributed by atoms with van der Waals surface area (Å²) in [6.45, 7) is 1.75. The minimum Gasteiger partial charge on any atom is -0.495 e. The molecule has 0 aliphatic rings. The van der Waals surface area contributed by atoms with Gasteiger partial charge in [0.05, 0.1) is 7.11 Å². The van der Waals surface area contributed by atoms with Gasteiger partial charge >= 0.3 is 14.1 Å². The van der Waals surface area contributed by atoms with Crippen LogP contribution in [0.4, 0.5) is 39.5 Å². The van der Waals surface area contributed by atoms with Gasteiger partial charge in [0.2, 0.25) is 0 Å². The van der Waals surface area contributed by atoms with Crippen LogP contribution in [0, 0.1) is 66.2 Å². The highest BCUT2D eigenvalue weighted by Gasteiger charge is 2.43. The summed E-state index contributed by atoms with van der Waals surface area (Å²) in [6, 6.07) is 0.467. The first-order valence-electron chi connectivity index (χ1n) is 8.91. The predicted octanol–water partition coefficient (Wildman–Crippen LogP) is 4.08. The van der Waals surface area contributed by atoms with Gasteiger partial charge in [-0.1, -0.05) is 0 Å². The van der Waals surface area contributed by atoms with Gasteiger partial charge in [0.25, 0.3) is 0 Å². The summed E-state index contributed by atoms with van der Waals surface area (Å²) in [5.74, 6) is -15.6. The molecule has 0 atom stereocenters. The maximum Gasteiger partial charge on any atom is 0.413 e. The fourth-order valence-electron chi connectivity index (χ4n) is 3.44. The first kappa shape index (κ1) is 24.0. The Balaban J connectivity index is 2.60. The number of hydrogen-bond acceptors (Lipinski definition) is 1. The normalized spacial score (nSPS) is 11.1. The van der Waals surface area contributed by atoms with Crippen LogP contribution in [-0.4, -0.2) is 21.3 Å². The van der Waals surface area contributed by atoms with Crippen molar-refractivity contribution in [3.8, 4) is 5.75 Å². The smallest absolute Gasteiger partial charge is 0.413 e. The van der Waals surface area contributed by atoms with Crippen LogP contribution in [0.2, 0.25) is 0 Å².